The fraction of sp³-hybridized carbons (Fsp3) is 0.438. The van der Waals surface area contributed by atoms with E-state index in [4.69, 9.17) is 4.74 Å². The van der Waals surface area contributed by atoms with Crippen LogP contribution in [0.5, 0.6) is 0 Å². The first-order valence-corrected chi connectivity index (χ1v) is 14.1. The predicted molar refractivity (Wildman–Crippen MR) is 151 cm³/mol. The van der Waals surface area contributed by atoms with E-state index >= 15 is 0 Å². The number of carbonyl (C=O) groups excluding carboxylic acids is 2. The molecule has 0 aliphatic heterocycles. The Balaban J connectivity index is 1.53. The summed E-state index contributed by atoms with van der Waals surface area (Å²) in [5, 5.41) is 0. The minimum atomic E-state index is -0.396. The van der Waals surface area contributed by atoms with Crippen molar-refractivity contribution < 1.29 is 18.7 Å². The molecule has 2 aromatic carbocycles. The molecule has 7 heteroatoms. The predicted octanol–water partition coefficient (Wildman–Crippen LogP) is 5.91. The molecule has 0 N–H and O–H groups in total. The third kappa shape index (κ3) is 8.27. The van der Waals surface area contributed by atoms with Gasteiger partial charge in [-0.25, -0.2) is 4.39 Å². The molecule has 1 saturated carbocycles. The number of nitrogens with zero attached hydrogens (tertiary/aromatic N) is 3. The number of aromatic nitrogens is 1. The largest absolute Gasteiger partial charge is 0.382 e. The van der Waals surface area contributed by atoms with Gasteiger partial charge in [0.25, 0.3) is 5.91 Å². The smallest absolute Gasteiger partial charge is 0.254 e. The first-order chi connectivity index (χ1) is 19.0. The zero-order valence-electron chi connectivity index (χ0n) is 22.9. The van der Waals surface area contributed by atoms with E-state index in [1.54, 1.807) is 4.90 Å². The quantitative estimate of drug-likeness (QED) is 0.257. The summed E-state index contributed by atoms with van der Waals surface area (Å²) in [5.41, 5.74) is 2.66. The van der Waals surface area contributed by atoms with Gasteiger partial charge in [-0.05, 0) is 68.1 Å². The van der Waals surface area contributed by atoms with Crippen molar-refractivity contribution >= 4 is 11.8 Å². The summed E-state index contributed by atoms with van der Waals surface area (Å²) in [4.78, 5) is 31.0. The normalized spacial score (nSPS) is 13.8. The van der Waals surface area contributed by atoms with Crippen LogP contribution in [0.1, 0.15) is 67.1 Å². The molecule has 1 heterocycles. The molecule has 0 unspecified atom stereocenters. The van der Waals surface area contributed by atoms with Crippen molar-refractivity contribution in [2.45, 2.75) is 64.6 Å². The van der Waals surface area contributed by atoms with Crippen LogP contribution >= 0.6 is 0 Å². The highest BCUT2D eigenvalue weighted by atomic mass is 19.1. The van der Waals surface area contributed by atoms with Gasteiger partial charge in [-0.3, -0.25) is 9.59 Å². The van der Waals surface area contributed by atoms with Crippen molar-refractivity contribution in [3.05, 3.63) is 95.6 Å². The van der Waals surface area contributed by atoms with Crippen LogP contribution in [-0.2, 0) is 22.6 Å². The molecule has 0 radical (unpaired) electrons. The number of benzene rings is 2. The van der Waals surface area contributed by atoms with Crippen molar-refractivity contribution in [3.8, 4) is 0 Å². The summed E-state index contributed by atoms with van der Waals surface area (Å²) in [5.74, 6) is -0.718. The Morgan fingerprint density at radius 1 is 0.974 bits per heavy atom. The van der Waals surface area contributed by atoms with Crippen LogP contribution in [0.2, 0.25) is 0 Å². The summed E-state index contributed by atoms with van der Waals surface area (Å²) < 4.78 is 21.2. The molecule has 2 amide bonds. The van der Waals surface area contributed by atoms with Crippen molar-refractivity contribution in [1.29, 1.82) is 0 Å². The van der Waals surface area contributed by atoms with Crippen molar-refractivity contribution in [2.75, 3.05) is 26.3 Å². The van der Waals surface area contributed by atoms with Crippen LogP contribution in [0.15, 0.2) is 72.9 Å². The molecule has 1 aromatic heterocycles. The molecule has 39 heavy (non-hydrogen) atoms. The molecule has 0 spiro atoms. The Kier molecular flexibility index (Phi) is 10.7. The highest BCUT2D eigenvalue weighted by Crippen LogP contribution is 2.25. The van der Waals surface area contributed by atoms with E-state index in [-0.39, 0.29) is 24.4 Å². The lowest BCUT2D eigenvalue weighted by atomic mass is 9.94. The summed E-state index contributed by atoms with van der Waals surface area (Å²) in [6.45, 7) is 4.66. The molecule has 0 saturated heterocycles. The monoisotopic (exact) mass is 533 g/mol. The third-order valence-electron chi connectivity index (χ3n) is 7.41. The van der Waals surface area contributed by atoms with Crippen LogP contribution < -0.4 is 0 Å². The van der Waals surface area contributed by atoms with Gasteiger partial charge in [-0.2, -0.15) is 0 Å². The maximum absolute atomic E-state index is 14.0. The Bertz CT molecular complexity index is 1170. The van der Waals surface area contributed by atoms with Gasteiger partial charge in [-0.1, -0.05) is 49.6 Å². The fourth-order valence-electron chi connectivity index (χ4n) is 5.30. The van der Waals surface area contributed by atoms with Gasteiger partial charge in [0.05, 0.1) is 6.54 Å². The zero-order valence-corrected chi connectivity index (χ0v) is 22.9. The van der Waals surface area contributed by atoms with E-state index < -0.39 is 5.82 Å². The number of ether oxygens (including phenoxy) is 1. The molecule has 1 aliphatic rings. The van der Waals surface area contributed by atoms with Gasteiger partial charge in [0, 0.05) is 49.8 Å². The Morgan fingerprint density at radius 3 is 2.44 bits per heavy atom. The molecule has 3 aromatic rings. The number of hydrogen-bond donors (Lipinski definition) is 0. The van der Waals surface area contributed by atoms with E-state index in [1.807, 2.05) is 36.1 Å². The first-order valence-electron chi connectivity index (χ1n) is 14.1. The second kappa shape index (κ2) is 14.6. The summed E-state index contributed by atoms with van der Waals surface area (Å²) >= 11 is 0. The molecule has 4 rings (SSSR count). The fourth-order valence-corrected chi connectivity index (χ4v) is 5.30. The van der Waals surface area contributed by atoms with Gasteiger partial charge in [0.15, 0.2) is 0 Å². The number of amides is 2. The second-order valence-corrected chi connectivity index (χ2v) is 10.2. The minimum absolute atomic E-state index is 0.0156. The molecule has 6 nitrogen and oxygen atoms in total. The topological polar surface area (TPSA) is 54.8 Å². The van der Waals surface area contributed by atoms with E-state index in [0.29, 0.717) is 38.3 Å². The lowest BCUT2D eigenvalue weighted by Crippen LogP contribution is -2.48. The number of halogens is 1. The molecular formula is C32H40FN3O3. The average Bonchev–Trinajstić information content (AvgIpc) is 3.40. The lowest BCUT2D eigenvalue weighted by molar-refractivity contribution is -0.135. The van der Waals surface area contributed by atoms with Crippen LogP contribution in [0.4, 0.5) is 4.39 Å². The van der Waals surface area contributed by atoms with Crippen LogP contribution in [0.25, 0.3) is 0 Å². The Morgan fingerprint density at radius 2 is 1.72 bits per heavy atom. The lowest BCUT2D eigenvalue weighted by Gasteiger charge is -2.36. The third-order valence-corrected chi connectivity index (χ3v) is 7.41. The highest BCUT2D eigenvalue weighted by molar-refractivity contribution is 5.96. The number of rotatable bonds is 13. The maximum atomic E-state index is 14.0. The first kappa shape index (κ1) is 28.6. The van der Waals surface area contributed by atoms with Crippen molar-refractivity contribution in [1.82, 2.24) is 14.4 Å². The molecular weight excluding hydrogens is 493 g/mol. The number of hydrogen-bond acceptors (Lipinski definition) is 3. The molecule has 1 fully saturated rings. The summed E-state index contributed by atoms with van der Waals surface area (Å²) in [6, 6.07) is 20.1. The van der Waals surface area contributed by atoms with Gasteiger partial charge >= 0.3 is 0 Å². The van der Waals surface area contributed by atoms with Crippen molar-refractivity contribution in [3.63, 3.8) is 0 Å². The van der Waals surface area contributed by atoms with E-state index in [0.717, 1.165) is 37.9 Å². The second-order valence-electron chi connectivity index (χ2n) is 10.2. The molecule has 0 bridgehead atoms. The minimum Gasteiger partial charge on any atom is -0.382 e. The SMILES string of the molecule is CCOCCCN(CC(=O)N(Cc1cccn1Cc1ccccc1)C1CCCCC1)C(=O)c1ccc(F)cc1. The van der Waals surface area contributed by atoms with E-state index in [9.17, 15) is 14.0 Å². The van der Waals surface area contributed by atoms with Crippen LogP contribution in [-0.4, -0.2) is 58.5 Å². The van der Waals surface area contributed by atoms with Gasteiger partial charge in [0.1, 0.15) is 12.4 Å². The zero-order chi connectivity index (χ0) is 27.5. The van der Waals surface area contributed by atoms with Crippen molar-refractivity contribution in [2.24, 2.45) is 0 Å². The van der Waals surface area contributed by atoms with E-state index in [2.05, 4.69) is 29.0 Å². The molecule has 1 aliphatic carbocycles. The molecule has 0 atom stereocenters. The maximum Gasteiger partial charge on any atom is 0.254 e. The average molecular weight is 534 g/mol. The number of carbonyl (C=O) groups is 2. The molecule has 208 valence electrons. The van der Waals surface area contributed by atoms with Gasteiger partial charge in [0.2, 0.25) is 5.91 Å². The van der Waals surface area contributed by atoms with Gasteiger partial charge in [-0.15, -0.1) is 0 Å². The van der Waals surface area contributed by atoms with E-state index in [1.165, 1.54) is 36.2 Å². The summed E-state index contributed by atoms with van der Waals surface area (Å²) in [6.07, 6.45) is 8.03. The standard InChI is InChI=1S/C32H40FN3O3/c1-2-39-22-10-21-35(32(38)27-16-18-28(33)19-17-27)25-31(37)36(29-13-7-4-8-14-29)24-30-15-9-20-34(30)23-26-11-5-3-6-12-26/h3,5-6,9,11-12,15-20,29H,2,4,7-8,10,13-14,21-25H2,1H3. The Labute approximate surface area is 231 Å². The van der Waals surface area contributed by atoms with Crippen LogP contribution in [0.3, 0.4) is 0 Å². The Hall–Kier alpha value is -3.45. The highest BCUT2D eigenvalue weighted by Gasteiger charge is 2.29. The van der Waals surface area contributed by atoms with Crippen LogP contribution in [0, 0.1) is 5.82 Å². The van der Waals surface area contributed by atoms with Gasteiger partial charge < -0.3 is 19.1 Å². The summed E-state index contributed by atoms with van der Waals surface area (Å²) in [7, 11) is 0.